The topological polar surface area (TPSA) is 51.1 Å². The lowest BCUT2D eigenvalue weighted by Gasteiger charge is -2.13. The van der Waals surface area contributed by atoms with Crippen LogP contribution >= 0.6 is 11.8 Å². The first-order valence-electron chi connectivity index (χ1n) is 9.74. The van der Waals surface area contributed by atoms with Crippen LogP contribution in [0.25, 0.3) is 6.08 Å². The third kappa shape index (κ3) is 4.82. The van der Waals surface area contributed by atoms with E-state index in [0.29, 0.717) is 34.7 Å². The van der Waals surface area contributed by atoms with Crippen molar-refractivity contribution in [2.24, 2.45) is 4.99 Å². The molecule has 1 amide bonds. The van der Waals surface area contributed by atoms with Crippen molar-refractivity contribution in [2.45, 2.75) is 27.2 Å². The second-order valence-electron chi connectivity index (χ2n) is 6.62. The smallest absolute Gasteiger partial charge is 0.266 e. The summed E-state index contributed by atoms with van der Waals surface area (Å²) in [5.41, 5.74) is 2.83. The van der Waals surface area contributed by atoms with Crippen molar-refractivity contribution < 1.29 is 14.3 Å². The van der Waals surface area contributed by atoms with Gasteiger partial charge in [0.05, 0.1) is 24.3 Å². The first kappa shape index (κ1) is 21.0. The number of amidine groups is 1. The van der Waals surface area contributed by atoms with Crippen LogP contribution in [0.15, 0.2) is 52.4 Å². The van der Waals surface area contributed by atoms with E-state index in [0.717, 1.165) is 17.7 Å². The van der Waals surface area contributed by atoms with E-state index in [2.05, 4.69) is 11.9 Å². The molecule has 5 nitrogen and oxygen atoms in total. The summed E-state index contributed by atoms with van der Waals surface area (Å²) in [5.74, 6) is 1.27. The minimum atomic E-state index is -0.0485. The summed E-state index contributed by atoms with van der Waals surface area (Å²) in [4.78, 5) is 20.0. The van der Waals surface area contributed by atoms with Gasteiger partial charge in [-0.1, -0.05) is 36.8 Å². The number of hydrogen-bond acceptors (Lipinski definition) is 5. The summed E-state index contributed by atoms with van der Waals surface area (Å²) in [6, 6.07) is 13.6. The molecule has 0 atom stereocenters. The Morgan fingerprint density at radius 2 is 1.90 bits per heavy atom. The Morgan fingerprint density at radius 3 is 2.55 bits per heavy atom. The third-order valence-corrected chi connectivity index (χ3v) is 5.44. The summed E-state index contributed by atoms with van der Waals surface area (Å²) in [7, 11) is 1.62. The van der Waals surface area contributed by atoms with Crippen LogP contribution in [-0.2, 0) is 4.79 Å². The molecule has 29 heavy (non-hydrogen) atoms. The lowest BCUT2D eigenvalue weighted by molar-refractivity contribution is -0.122. The van der Waals surface area contributed by atoms with Crippen LogP contribution in [0.5, 0.6) is 11.5 Å². The van der Waals surface area contributed by atoms with Gasteiger partial charge in [-0.15, -0.1) is 0 Å². The Balaban J connectivity index is 1.96. The van der Waals surface area contributed by atoms with E-state index in [9.17, 15) is 4.79 Å². The van der Waals surface area contributed by atoms with Crippen LogP contribution < -0.4 is 9.47 Å². The number of benzene rings is 2. The van der Waals surface area contributed by atoms with Crippen LogP contribution in [0.3, 0.4) is 0 Å². The Labute approximate surface area is 176 Å². The molecule has 152 valence electrons. The number of carbonyl (C=O) groups excluding carboxylic acids is 1. The number of aryl methyl sites for hydroxylation is 1. The summed E-state index contributed by atoms with van der Waals surface area (Å²) in [5, 5.41) is 0.687. The van der Waals surface area contributed by atoms with Gasteiger partial charge in [-0.3, -0.25) is 9.69 Å². The Morgan fingerprint density at radius 1 is 1.14 bits per heavy atom. The highest BCUT2D eigenvalue weighted by Crippen LogP contribution is 2.38. The van der Waals surface area contributed by atoms with E-state index in [1.54, 1.807) is 12.0 Å². The Hall–Kier alpha value is -2.73. The van der Waals surface area contributed by atoms with E-state index < -0.39 is 0 Å². The molecule has 0 N–H and O–H groups in total. The first-order valence-corrected chi connectivity index (χ1v) is 10.6. The molecule has 1 fully saturated rings. The van der Waals surface area contributed by atoms with Crippen molar-refractivity contribution in [3.8, 4) is 11.5 Å². The summed E-state index contributed by atoms with van der Waals surface area (Å²) >= 11 is 1.38. The minimum absolute atomic E-state index is 0.0485. The van der Waals surface area contributed by atoms with Gasteiger partial charge in [0.15, 0.2) is 16.7 Å². The predicted molar refractivity (Wildman–Crippen MR) is 120 cm³/mol. The number of hydrogen-bond donors (Lipinski definition) is 0. The second-order valence-corrected chi connectivity index (χ2v) is 7.63. The molecule has 0 aromatic heterocycles. The number of para-hydroxylation sites is 1. The normalized spacial score (nSPS) is 16.7. The van der Waals surface area contributed by atoms with Crippen LogP contribution in [0.1, 0.15) is 31.4 Å². The summed E-state index contributed by atoms with van der Waals surface area (Å²) in [6.07, 6.45) is 2.75. The van der Waals surface area contributed by atoms with Crippen LogP contribution in [-0.4, -0.2) is 36.2 Å². The van der Waals surface area contributed by atoms with Gasteiger partial charge in [0.2, 0.25) is 0 Å². The van der Waals surface area contributed by atoms with Gasteiger partial charge in [0.1, 0.15) is 0 Å². The number of aliphatic imine (C=N–C) groups is 1. The number of thioether (sulfide) groups is 1. The predicted octanol–water partition coefficient (Wildman–Crippen LogP) is 5.42. The van der Waals surface area contributed by atoms with Gasteiger partial charge in [0.25, 0.3) is 5.91 Å². The van der Waals surface area contributed by atoms with E-state index in [1.807, 2.05) is 62.4 Å². The standard InChI is InChI=1S/C23H26N2O3S/c1-5-14-28-21-17(8-7-9-19(21)27-4)15-20-22(26)25(6-2)23(29-20)24-18-12-10-16(3)11-13-18/h7-13,15H,5-6,14H2,1-4H3/b20-15+,24-23?. The monoisotopic (exact) mass is 410 g/mol. The Bertz CT molecular complexity index is 936. The third-order valence-electron chi connectivity index (χ3n) is 4.43. The molecule has 0 spiro atoms. The lowest BCUT2D eigenvalue weighted by Crippen LogP contribution is -2.28. The Kier molecular flexibility index (Phi) is 6.99. The molecule has 0 aliphatic carbocycles. The number of ether oxygens (including phenoxy) is 2. The summed E-state index contributed by atoms with van der Waals surface area (Å²) in [6.45, 7) is 7.19. The van der Waals surface area contributed by atoms with E-state index in [4.69, 9.17) is 9.47 Å². The van der Waals surface area contributed by atoms with E-state index in [-0.39, 0.29) is 5.91 Å². The van der Waals surface area contributed by atoms with Crippen molar-refractivity contribution in [3.05, 3.63) is 58.5 Å². The average Bonchev–Trinajstić information content (AvgIpc) is 3.02. The highest BCUT2D eigenvalue weighted by Gasteiger charge is 2.32. The van der Waals surface area contributed by atoms with E-state index in [1.165, 1.54) is 17.3 Å². The number of likely N-dealkylation sites (N-methyl/N-ethyl adjacent to an activating group) is 1. The molecule has 0 bridgehead atoms. The van der Waals surface area contributed by atoms with Crippen molar-refractivity contribution >= 4 is 34.6 Å². The molecule has 1 heterocycles. The number of methoxy groups -OCH3 is 1. The number of carbonyl (C=O) groups is 1. The van der Waals surface area contributed by atoms with Crippen molar-refractivity contribution in [2.75, 3.05) is 20.3 Å². The lowest BCUT2D eigenvalue weighted by atomic mass is 10.1. The molecule has 2 aromatic carbocycles. The maximum atomic E-state index is 13.0. The largest absolute Gasteiger partial charge is 0.493 e. The van der Waals surface area contributed by atoms with Gasteiger partial charge in [0, 0.05) is 12.1 Å². The van der Waals surface area contributed by atoms with Gasteiger partial charge in [-0.05, 0) is 56.3 Å². The van der Waals surface area contributed by atoms with Crippen molar-refractivity contribution in [1.29, 1.82) is 0 Å². The maximum Gasteiger partial charge on any atom is 0.266 e. The van der Waals surface area contributed by atoms with Gasteiger partial charge in [-0.2, -0.15) is 0 Å². The van der Waals surface area contributed by atoms with Gasteiger partial charge >= 0.3 is 0 Å². The zero-order chi connectivity index (χ0) is 20.8. The molecule has 2 aromatic rings. The molecule has 1 aliphatic heterocycles. The fourth-order valence-electron chi connectivity index (χ4n) is 2.91. The molecule has 1 saturated heterocycles. The highest BCUT2D eigenvalue weighted by atomic mass is 32.2. The minimum Gasteiger partial charge on any atom is -0.493 e. The zero-order valence-corrected chi connectivity index (χ0v) is 18.1. The number of nitrogens with zero attached hydrogens (tertiary/aromatic N) is 2. The average molecular weight is 411 g/mol. The molecule has 1 aliphatic rings. The number of rotatable bonds is 7. The second kappa shape index (κ2) is 9.65. The molecule has 6 heteroatoms. The SMILES string of the molecule is CCCOc1c(/C=C2/SC(=Nc3ccc(C)cc3)N(CC)C2=O)cccc1OC. The molecule has 0 radical (unpaired) electrons. The first-order chi connectivity index (χ1) is 14.1. The van der Waals surface area contributed by atoms with E-state index >= 15 is 0 Å². The molecular formula is C23H26N2O3S. The molecule has 0 unspecified atom stereocenters. The molecule has 3 rings (SSSR count). The van der Waals surface area contributed by atoms with Gasteiger partial charge < -0.3 is 9.47 Å². The van der Waals surface area contributed by atoms with Crippen molar-refractivity contribution in [1.82, 2.24) is 4.90 Å². The van der Waals surface area contributed by atoms with Crippen LogP contribution in [0.4, 0.5) is 5.69 Å². The molecule has 0 saturated carbocycles. The quantitative estimate of drug-likeness (QED) is 0.572. The van der Waals surface area contributed by atoms with Crippen molar-refractivity contribution in [3.63, 3.8) is 0 Å². The maximum absolute atomic E-state index is 13.0. The molecular weight excluding hydrogens is 384 g/mol. The zero-order valence-electron chi connectivity index (χ0n) is 17.3. The highest BCUT2D eigenvalue weighted by molar-refractivity contribution is 8.18. The van der Waals surface area contributed by atoms with Crippen LogP contribution in [0.2, 0.25) is 0 Å². The fraction of sp³-hybridized carbons (Fsp3) is 0.304. The summed E-state index contributed by atoms with van der Waals surface area (Å²) < 4.78 is 11.4. The van der Waals surface area contributed by atoms with Crippen LogP contribution in [0, 0.1) is 6.92 Å². The fourth-order valence-corrected chi connectivity index (χ4v) is 3.96. The number of amides is 1. The van der Waals surface area contributed by atoms with Gasteiger partial charge in [-0.25, -0.2) is 4.99 Å².